The number of rotatable bonds is 8. The standard InChI is InChI=1S/C14H19N5S/c1-3-11(9-15-6-1)10-16-7-2-8-17-14-18-13(19-20-14)12-4-5-12/h1,3,6,9,12,16H,2,4-5,7-8,10H2,(H,17,18,19). The third-order valence-electron chi connectivity index (χ3n) is 3.24. The average molecular weight is 289 g/mol. The van der Waals surface area contributed by atoms with Gasteiger partial charge in [0.25, 0.3) is 0 Å². The molecule has 1 aliphatic rings. The molecule has 1 fully saturated rings. The van der Waals surface area contributed by atoms with E-state index in [1.54, 1.807) is 6.20 Å². The maximum atomic E-state index is 4.51. The Morgan fingerprint density at radius 2 is 2.25 bits per heavy atom. The highest BCUT2D eigenvalue weighted by molar-refractivity contribution is 7.09. The molecule has 0 radical (unpaired) electrons. The van der Waals surface area contributed by atoms with Gasteiger partial charge in [-0.3, -0.25) is 4.98 Å². The molecule has 106 valence electrons. The lowest BCUT2D eigenvalue weighted by atomic mass is 10.3. The fourth-order valence-corrected chi connectivity index (χ4v) is 2.63. The van der Waals surface area contributed by atoms with Gasteiger partial charge in [0, 0.05) is 42.9 Å². The van der Waals surface area contributed by atoms with Crippen LogP contribution in [0.1, 0.15) is 36.6 Å². The molecule has 5 nitrogen and oxygen atoms in total. The Hall–Kier alpha value is -1.53. The van der Waals surface area contributed by atoms with Crippen molar-refractivity contribution in [3.05, 3.63) is 35.9 Å². The third-order valence-corrected chi connectivity index (χ3v) is 3.93. The van der Waals surface area contributed by atoms with Crippen LogP contribution in [-0.2, 0) is 6.54 Å². The van der Waals surface area contributed by atoms with Crippen LogP contribution in [0.25, 0.3) is 0 Å². The van der Waals surface area contributed by atoms with Crippen LogP contribution < -0.4 is 10.6 Å². The molecule has 0 unspecified atom stereocenters. The van der Waals surface area contributed by atoms with Crippen molar-refractivity contribution in [2.24, 2.45) is 0 Å². The molecule has 0 aromatic carbocycles. The first-order chi connectivity index (χ1) is 9.92. The molecule has 1 saturated carbocycles. The number of anilines is 1. The van der Waals surface area contributed by atoms with E-state index in [1.807, 2.05) is 12.3 Å². The number of hydrogen-bond donors (Lipinski definition) is 2. The zero-order valence-electron chi connectivity index (χ0n) is 11.4. The topological polar surface area (TPSA) is 62.7 Å². The second-order valence-electron chi connectivity index (χ2n) is 5.05. The summed E-state index contributed by atoms with van der Waals surface area (Å²) in [7, 11) is 0. The van der Waals surface area contributed by atoms with E-state index >= 15 is 0 Å². The summed E-state index contributed by atoms with van der Waals surface area (Å²) in [6.45, 7) is 2.79. The van der Waals surface area contributed by atoms with Gasteiger partial charge in [-0.1, -0.05) is 6.07 Å². The number of aromatic nitrogens is 3. The Morgan fingerprint density at radius 3 is 3.05 bits per heavy atom. The van der Waals surface area contributed by atoms with Crippen molar-refractivity contribution in [2.45, 2.75) is 31.7 Å². The van der Waals surface area contributed by atoms with Gasteiger partial charge >= 0.3 is 0 Å². The summed E-state index contributed by atoms with van der Waals surface area (Å²) >= 11 is 1.48. The molecule has 0 spiro atoms. The fraction of sp³-hybridized carbons (Fsp3) is 0.500. The Balaban J connectivity index is 1.28. The van der Waals surface area contributed by atoms with E-state index in [0.717, 1.165) is 37.0 Å². The van der Waals surface area contributed by atoms with E-state index in [-0.39, 0.29) is 0 Å². The minimum Gasteiger partial charge on any atom is -0.360 e. The minimum atomic E-state index is 0.642. The van der Waals surface area contributed by atoms with E-state index in [9.17, 15) is 0 Å². The van der Waals surface area contributed by atoms with E-state index in [0.29, 0.717) is 5.92 Å². The lowest BCUT2D eigenvalue weighted by molar-refractivity contribution is 0.662. The highest BCUT2D eigenvalue weighted by Crippen LogP contribution is 2.39. The fourth-order valence-electron chi connectivity index (χ4n) is 1.96. The second-order valence-corrected chi connectivity index (χ2v) is 5.80. The van der Waals surface area contributed by atoms with Gasteiger partial charge in [0.1, 0.15) is 5.82 Å². The summed E-state index contributed by atoms with van der Waals surface area (Å²) in [4.78, 5) is 8.60. The lowest BCUT2D eigenvalue weighted by Crippen LogP contribution is -2.17. The largest absolute Gasteiger partial charge is 0.360 e. The van der Waals surface area contributed by atoms with Crippen LogP contribution in [0.2, 0.25) is 0 Å². The van der Waals surface area contributed by atoms with Gasteiger partial charge in [-0.15, -0.1) is 0 Å². The summed E-state index contributed by atoms with van der Waals surface area (Å²) < 4.78 is 4.38. The van der Waals surface area contributed by atoms with Gasteiger partial charge < -0.3 is 10.6 Å². The van der Waals surface area contributed by atoms with E-state index < -0.39 is 0 Å². The smallest absolute Gasteiger partial charge is 0.202 e. The van der Waals surface area contributed by atoms with E-state index in [2.05, 4.69) is 31.0 Å². The monoisotopic (exact) mass is 289 g/mol. The first kappa shape index (κ1) is 13.5. The van der Waals surface area contributed by atoms with Crippen LogP contribution in [0.5, 0.6) is 0 Å². The number of hydrogen-bond acceptors (Lipinski definition) is 6. The Labute approximate surface area is 123 Å². The van der Waals surface area contributed by atoms with Crippen molar-refractivity contribution in [3.63, 3.8) is 0 Å². The average Bonchev–Trinajstić information content (AvgIpc) is 3.23. The van der Waals surface area contributed by atoms with Crippen LogP contribution in [0.15, 0.2) is 24.5 Å². The zero-order chi connectivity index (χ0) is 13.6. The molecular formula is C14H19N5S. The van der Waals surface area contributed by atoms with E-state index in [4.69, 9.17) is 0 Å². The lowest BCUT2D eigenvalue weighted by Gasteiger charge is -2.05. The van der Waals surface area contributed by atoms with Crippen LogP contribution in [0.4, 0.5) is 5.13 Å². The van der Waals surface area contributed by atoms with Gasteiger partial charge in [-0.2, -0.15) is 4.37 Å². The van der Waals surface area contributed by atoms with Gasteiger partial charge in [-0.25, -0.2) is 4.98 Å². The summed E-state index contributed by atoms with van der Waals surface area (Å²) in [6, 6.07) is 4.05. The second kappa shape index (κ2) is 6.76. The Bertz CT molecular complexity index is 523. The molecule has 0 saturated heterocycles. The molecule has 2 N–H and O–H groups in total. The molecule has 6 heteroatoms. The number of pyridine rings is 1. The molecule has 0 aliphatic heterocycles. The van der Waals surface area contributed by atoms with Crippen molar-refractivity contribution in [3.8, 4) is 0 Å². The van der Waals surface area contributed by atoms with Crippen molar-refractivity contribution in [1.29, 1.82) is 0 Å². The number of nitrogens with one attached hydrogen (secondary N) is 2. The predicted octanol–water partition coefficient (Wildman–Crippen LogP) is 2.40. The molecule has 0 amide bonds. The first-order valence-corrected chi connectivity index (χ1v) is 7.86. The molecule has 2 aromatic rings. The Kier molecular flexibility index (Phi) is 4.55. The SMILES string of the molecule is c1cncc(CNCCCNc2nc(C3CC3)ns2)c1. The highest BCUT2D eigenvalue weighted by Gasteiger charge is 2.27. The number of nitrogens with zero attached hydrogens (tertiary/aromatic N) is 3. The van der Waals surface area contributed by atoms with Crippen molar-refractivity contribution in [2.75, 3.05) is 18.4 Å². The quantitative estimate of drug-likeness (QED) is 0.731. The zero-order valence-corrected chi connectivity index (χ0v) is 12.2. The van der Waals surface area contributed by atoms with Crippen molar-refractivity contribution in [1.82, 2.24) is 19.7 Å². The summed E-state index contributed by atoms with van der Waals surface area (Å²) in [5.41, 5.74) is 1.22. The van der Waals surface area contributed by atoms with Gasteiger partial charge in [-0.05, 0) is 37.4 Å². The van der Waals surface area contributed by atoms with Gasteiger partial charge in [0.05, 0.1) is 0 Å². The maximum absolute atomic E-state index is 4.51. The van der Waals surface area contributed by atoms with Crippen LogP contribution in [-0.4, -0.2) is 27.4 Å². The molecule has 2 aromatic heterocycles. The van der Waals surface area contributed by atoms with Gasteiger partial charge in [0.2, 0.25) is 5.13 Å². The molecule has 20 heavy (non-hydrogen) atoms. The van der Waals surface area contributed by atoms with Crippen LogP contribution in [0, 0.1) is 0 Å². The molecule has 0 atom stereocenters. The Morgan fingerprint density at radius 1 is 1.30 bits per heavy atom. The molecular weight excluding hydrogens is 270 g/mol. The summed E-state index contributed by atoms with van der Waals surface area (Å²) in [6.07, 6.45) is 7.28. The maximum Gasteiger partial charge on any atom is 0.202 e. The predicted molar refractivity (Wildman–Crippen MR) is 80.9 cm³/mol. The molecule has 1 aliphatic carbocycles. The summed E-state index contributed by atoms with van der Waals surface area (Å²) in [5, 5.41) is 7.71. The van der Waals surface area contributed by atoms with Crippen LogP contribution >= 0.6 is 11.5 Å². The van der Waals surface area contributed by atoms with Crippen LogP contribution in [0.3, 0.4) is 0 Å². The van der Waals surface area contributed by atoms with E-state index in [1.165, 1.54) is 29.9 Å². The normalized spacial score (nSPS) is 14.4. The van der Waals surface area contributed by atoms with Crippen molar-refractivity contribution < 1.29 is 0 Å². The third kappa shape index (κ3) is 3.98. The molecule has 0 bridgehead atoms. The first-order valence-electron chi connectivity index (χ1n) is 7.09. The van der Waals surface area contributed by atoms with Crippen molar-refractivity contribution >= 4 is 16.7 Å². The van der Waals surface area contributed by atoms with Gasteiger partial charge in [0.15, 0.2) is 0 Å². The minimum absolute atomic E-state index is 0.642. The molecule has 2 heterocycles. The summed E-state index contributed by atoms with van der Waals surface area (Å²) in [5.74, 6) is 1.68. The highest BCUT2D eigenvalue weighted by atomic mass is 32.1. The molecule has 3 rings (SSSR count).